The highest BCUT2D eigenvalue weighted by molar-refractivity contribution is 5.81. The van der Waals surface area contributed by atoms with Gasteiger partial charge >= 0.3 is 0 Å². The standard InChI is InChI=1S/C8H9NO3.H3N/c1-5-8(12)7(4-11)6(3-10)2-9-5;/h2,4,10,12H,3H2,1H3;1H3. The average molecular weight is 184 g/mol. The zero-order valence-electron chi connectivity index (χ0n) is 7.32. The minimum atomic E-state index is -0.297. The molecule has 0 unspecified atom stereocenters. The molecule has 5 heteroatoms. The van der Waals surface area contributed by atoms with E-state index in [9.17, 15) is 9.90 Å². The molecule has 5 nitrogen and oxygen atoms in total. The fraction of sp³-hybridized carbons (Fsp3) is 0.250. The van der Waals surface area contributed by atoms with Crippen LogP contribution >= 0.6 is 0 Å². The van der Waals surface area contributed by atoms with Crippen LogP contribution in [0.25, 0.3) is 0 Å². The first-order chi connectivity index (χ1) is 5.70. The number of pyridine rings is 1. The molecule has 0 amide bonds. The molecular weight excluding hydrogens is 172 g/mol. The molecular formula is C8H12N2O3. The molecule has 1 aromatic heterocycles. The van der Waals surface area contributed by atoms with Gasteiger partial charge in [-0.05, 0) is 6.92 Å². The van der Waals surface area contributed by atoms with Crippen LogP contribution in [0.3, 0.4) is 0 Å². The third-order valence-electron chi connectivity index (χ3n) is 1.65. The summed E-state index contributed by atoms with van der Waals surface area (Å²) in [4.78, 5) is 14.2. The van der Waals surface area contributed by atoms with Crippen molar-refractivity contribution in [2.24, 2.45) is 0 Å². The minimum absolute atomic E-state index is 0. The maximum atomic E-state index is 10.5. The van der Waals surface area contributed by atoms with Crippen LogP contribution < -0.4 is 6.15 Å². The van der Waals surface area contributed by atoms with Crippen molar-refractivity contribution in [2.75, 3.05) is 0 Å². The molecule has 0 aromatic carbocycles. The van der Waals surface area contributed by atoms with Gasteiger partial charge in [-0.15, -0.1) is 0 Å². The van der Waals surface area contributed by atoms with Gasteiger partial charge in [-0.2, -0.15) is 0 Å². The Balaban J connectivity index is 0.00000144. The molecule has 13 heavy (non-hydrogen) atoms. The third-order valence-corrected chi connectivity index (χ3v) is 1.65. The number of carbonyl (C=O) groups is 1. The molecule has 0 bridgehead atoms. The van der Waals surface area contributed by atoms with Crippen molar-refractivity contribution in [1.82, 2.24) is 11.1 Å². The molecule has 0 aliphatic rings. The normalized spacial score (nSPS) is 9.08. The van der Waals surface area contributed by atoms with Gasteiger partial charge < -0.3 is 16.4 Å². The van der Waals surface area contributed by atoms with Crippen molar-refractivity contribution in [2.45, 2.75) is 13.5 Å². The van der Waals surface area contributed by atoms with Crippen molar-refractivity contribution in [3.05, 3.63) is 23.0 Å². The number of aliphatic hydroxyl groups excluding tert-OH is 1. The summed E-state index contributed by atoms with van der Waals surface area (Å²) in [6.07, 6.45) is 1.88. The van der Waals surface area contributed by atoms with E-state index in [2.05, 4.69) is 4.98 Å². The van der Waals surface area contributed by atoms with Crippen molar-refractivity contribution in [3.63, 3.8) is 0 Å². The second-order valence-electron chi connectivity index (χ2n) is 2.41. The van der Waals surface area contributed by atoms with Crippen molar-refractivity contribution in [1.29, 1.82) is 0 Å². The van der Waals surface area contributed by atoms with Gasteiger partial charge in [0.2, 0.25) is 0 Å². The molecule has 0 saturated carbocycles. The van der Waals surface area contributed by atoms with Crippen LogP contribution in [0, 0.1) is 6.92 Å². The summed E-state index contributed by atoms with van der Waals surface area (Å²) in [5.41, 5.74) is 0.840. The van der Waals surface area contributed by atoms with Crippen LogP contribution in [0.15, 0.2) is 6.20 Å². The van der Waals surface area contributed by atoms with Gasteiger partial charge in [0.25, 0.3) is 0 Å². The molecule has 0 aliphatic carbocycles. The number of rotatable bonds is 2. The van der Waals surface area contributed by atoms with Crippen LogP contribution in [0.4, 0.5) is 0 Å². The maximum Gasteiger partial charge on any atom is 0.154 e. The summed E-state index contributed by atoms with van der Waals surface area (Å²) in [5, 5.41) is 18.1. The summed E-state index contributed by atoms with van der Waals surface area (Å²) in [6.45, 7) is 1.29. The van der Waals surface area contributed by atoms with E-state index >= 15 is 0 Å². The summed E-state index contributed by atoms with van der Waals surface area (Å²) in [6, 6.07) is 0. The van der Waals surface area contributed by atoms with E-state index in [-0.39, 0.29) is 24.1 Å². The first-order valence-electron chi connectivity index (χ1n) is 3.44. The van der Waals surface area contributed by atoms with E-state index in [0.29, 0.717) is 17.5 Å². The zero-order chi connectivity index (χ0) is 9.14. The van der Waals surface area contributed by atoms with E-state index < -0.39 is 0 Å². The van der Waals surface area contributed by atoms with Crippen LogP contribution in [-0.4, -0.2) is 21.5 Å². The number of carbonyl (C=O) groups excluding carboxylic acids is 1. The Labute approximate surface area is 75.6 Å². The van der Waals surface area contributed by atoms with Crippen LogP contribution in [0.2, 0.25) is 0 Å². The highest BCUT2D eigenvalue weighted by Gasteiger charge is 2.09. The average Bonchev–Trinajstić information content (AvgIpc) is 2.09. The van der Waals surface area contributed by atoms with Gasteiger partial charge in [-0.1, -0.05) is 0 Å². The van der Waals surface area contributed by atoms with Crippen molar-refractivity contribution < 1.29 is 15.0 Å². The lowest BCUT2D eigenvalue weighted by molar-refractivity contribution is 0.111. The van der Waals surface area contributed by atoms with Crippen LogP contribution in [0.1, 0.15) is 21.6 Å². The molecule has 0 saturated heterocycles. The van der Waals surface area contributed by atoms with Crippen molar-refractivity contribution in [3.8, 4) is 5.75 Å². The van der Waals surface area contributed by atoms with Gasteiger partial charge in [0.05, 0.1) is 17.9 Å². The number of nitrogens with zero attached hydrogens (tertiary/aromatic N) is 1. The molecule has 0 spiro atoms. The molecule has 0 atom stereocenters. The largest absolute Gasteiger partial charge is 0.505 e. The third kappa shape index (κ3) is 2.01. The zero-order valence-corrected chi connectivity index (χ0v) is 7.32. The van der Waals surface area contributed by atoms with E-state index in [0.717, 1.165) is 0 Å². The Bertz CT molecular complexity index is 313. The second-order valence-corrected chi connectivity index (χ2v) is 2.41. The molecule has 0 aliphatic heterocycles. The number of hydrogen-bond donors (Lipinski definition) is 3. The lowest BCUT2D eigenvalue weighted by Gasteiger charge is -2.04. The van der Waals surface area contributed by atoms with E-state index in [1.165, 1.54) is 6.20 Å². The number of aromatic hydroxyl groups is 1. The number of aromatic nitrogens is 1. The van der Waals surface area contributed by atoms with Crippen LogP contribution in [0.5, 0.6) is 5.75 Å². The lowest BCUT2D eigenvalue weighted by atomic mass is 10.1. The molecule has 1 heterocycles. The van der Waals surface area contributed by atoms with E-state index in [1.807, 2.05) is 0 Å². The second kappa shape index (κ2) is 4.54. The monoisotopic (exact) mass is 184 g/mol. The Morgan fingerprint density at radius 1 is 1.62 bits per heavy atom. The summed E-state index contributed by atoms with van der Waals surface area (Å²) < 4.78 is 0. The Morgan fingerprint density at radius 2 is 2.23 bits per heavy atom. The van der Waals surface area contributed by atoms with Crippen LogP contribution in [-0.2, 0) is 6.61 Å². The lowest BCUT2D eigenvalue weighted by Crippen LogP contribution is -1.96. The number of hydrogen-bond acceptors (Lipinski definition) is 5. The summed E-state index contributed by atoms with van der Waals surface area (Å²) in [5.74, 6) is -0.156. The topological polar surface area (TPSA) is 105 Å². The molecule has 5 N–H and O–H groups in total. The fourth-order valence-electron chi connectivity index (χ4n) is 0.910. The maximum absolute atomic E-state index is 10.5. The summed E-state index contributed by atoms with van der Waals surface area (Å²) >= 11 is 0. The molecule has 1 rings (SSSR count). The number of aldehydes is 1. The Morgan fingerprint density at radius 3 is 2.69 bits per heavy atom. The highest BCUT2D eigenvalue weighted by atomic mass is 16.3. The van der Waals surface area contributed by atoms with Crippen molar-refractivity contribution >= 4 is 6.29 Å². The number of aliphatic hydroxyl groups is 1. The van der Waals surface area contributed by atoms with Gasteiger partial charge in [0.1, 0.15) is 5.75 Å². The smallest absolute Gasteiger partial charge is 0.154 e. The van der Waals surface area contributed by atoms with E-state index in [4.69, 9.17) is 5.11 Å². The predicted octanol–water partition coefficient (Wildman–Crippen LogP) is 0.562. The predicted molar refractivity (Wildman–Crippen MR) is 47.0 cm³/mol. The number of aryl methyl sites for hydroxylation is 1. The molecule has 0 fully saturated rings. The first kappa shape index (κ1) is 11.5. The Hall–Kier alpha value is -1.46. The SMILES string of the molecule is Cc1ncc(CO)c(C=O)c1O.N. The quantitative estimate of drug-likeness (QED) is 0.582. The van der Waals surface area contributed by atoms with E-state index in [1.54, 1.807) is 6.92 Å². The molecule has 0 radical (unpaired) electrons. The highest BCUT2D eigenvalue weighted by Crippen LogP contribution is 2.21. The van der Waals surface area contributed by atoms with Gasteiger partial charge in [-0.3, -0.25) is 9.78 Å². The summed E-state index contributed by atoms with van der Waals surface area (Å²) in [7, 11) is 0. The van der Waals surface area contributed by atoms with Gasteiger partial charge in [0.15, 0.2) is 6.29 Å². The first-order valence-corrected chi connectivity index (χ1v) is 3.44. The molecule has 72 valence electrons. The van der Waals surface area contributed by atoms with Gasteiger partial charge in [0, 0.05) is 11.8 Å². The minimum Gasteiger partial charge on any atom is -0.505 e. The molecule has 1 aromatic rings. The Kier molecular flexibility index (Phi) is 4.03. The fourth-order valence-corrected chi connectivity index (χ4v) is 0.910. The van der Waals surface area contributed by atoms with Gasteiger partial charge in [-0.25, -0.2) is 0 Å².